The summed E-state index contributed by atoms with van der Waals surface area (Å²) < 4.78 is 33.2. The molecule has 1 aromatic heterocycles. The van der Waals surface area contributed by atoms with E-state index in [4.69, 9.17) is 4.74 Å². The van der Waals surface area contributed by atoms with Crippen molar-refractivity contribution in [3.63, 3.8) is 0 Å². The van der Waals surface area contributed by atoms with Crippen molar-refractivity contribution in [2.24, 2.45) is 5.92 Å². The van der Waals surface area contributed by atoms with Gasteiger partial charge in [-0.05, 0) is 55.2 Å². The highest BCUT2D eigenvalue weighted by atomic mass is 32.2. The van der Waals surface area contributed by atoms with E-state index in [0.29, 0.717) is 30.3 Å². The molecule has 0 saturated heterocycles. The molecule has 1 aliphatic rings. The van der Waals surface area contributed by atoms with Crippen molar-refractivity contribution >= 4 is 21.6 Å². The molecule has 2 aromatic rings. The quantitative estimate of drug-likeness (QED) is 0.643. The Morgan fingerprint density at radius 2 is 1.79 bits per heavy atom. The highest BCUT2D eigenvalue weighted by Crippen LogP contribution is 2.26. The Balaban J connectivity index is 1.49. The molecule has 1 aliphatic carbocycles. The zero-order chi connectivity index (χ0) is 20.7. The van der Waals surface area contributed by atoms with Gasteiger partial charge in [-0.2, -0.15) is 0 Å². The average Bonchev–Trinajstić information content (AvgIpc) is 2.73. The molecule has 1 aromatic carbocycles. The fraction of sp³-hybridized carbons (Fsp3) is 0.429. The highest BCUT2D eigenvalue weighted by Gasteiger charge is 2.21. The Kier molecular flexibility index (Phi) is 7.22. The summed E-state index contributed by atoms with van der Waals surface area (Å²) in [5, 5.41) is 2.82. The number of benzene rings is 1. The summed E-state index contributed by atoms with van der Waals surface area (Å²) in [5.41, 5.74) is 0.827. The Bertz CT molecular complexity index is 901. The van der Waals surface area contributed by atoms with Gasteiger partial charge in [-0.3, -0.25) is 14.5 Å². The first kappa shape index (κ1) is 21.3. The molecule has 1 amide bonds. The molecular formula is C21H27N3O4S. The molecule has 0 spiro atoms. The number of ether oxygens (including phenoxy) is 1. The second-order valence-corrected chi connectivity index (χ2v) is 8.98. The average molecular weight is 418 g/mol. The van der Waals surface area contributed by atoms with Gasteiger partial charge < -0.3 is 10.1 Å². The Morgan fingerprint density at radius 1 is 1.10 bits per heavy atom. The van der Waals surface area contributed by atoms with Crippen LogP contribution in [0.2, 0.25) is 0 Å². The number of rotatable bonds is 8. The molecule has 3 rings (SSSR count). The lowest BCUT2D eigenvalue weighted by molar-refractivity contribution is -0.00293. The van der Waals surface area contributed by atoms with Crippen LogP contribution < -0.4 is 10.0 Å². The molecule has 2 atom stereocenters. The number of sulfonamides is 1. The minimum atomic E-state index is -3.72. The molecule has 156 valence electrons. The van der Waals surface area contributed by atoms with Crippen LogP contribution in [0.3, 0.4) is 0 Å². The van der Waals surface area contributed by atoms with Crippen LogP contribution in [0, 0.1) is 5.92 Å². The third-order valence-electron chi connectivity index (χ3n) is 5.11. The molecule has 1 heterocycles. The van der Waals surface area contributed by atoms with E-state index < -0.39 is 10.0 Å². The maximum absolute atomic E-state index is 12.4. The Morgan fingerprint density at radius 3 is 2.48 bits per heavy atom. The molecule has 0 radical (unpaired) electrons. The zero-order valence-electron chi connectivity index (χ0n) is 16.5. The van der Waals surface area contributed by atoms with Gasteiger partial charge in [0.15, 0.2) is 0 Å². The van der Waals surface area contributed by atoms with E-state index in [1.54, 1.807) is 12.1 Å². The summed E-state index contributed by atoms with van der Waals surface area (Å²) in [5.74, 6) is 0.311. The van der Waals surface area contributed by atoms with Crippen LogP contribution in [0.25, 0.3) is 0 Å². The van der Waals surface area contributed by atoms with Gasteiger partial charge in [0.25, 0.3) is 15.9 Å². The topological polar surface area (TPSA) is 97.4 Å². The lowest BCUT2D eigenvalue weighted by Crippen LogP contribution is -2.31. The first-order chi connectivity index (χ1) is 14.0. The van der Waals surface area contributed by atoms with Crippen molar-refractivity contribution < 1.29 is 17.9 Å². The SMILES string of the molecule is C[C@@H]1CCCC[C@H]1OCCNC(=O)c1ccc(S(=O)(=O)Nc2ccncc2)cc1. The van der Waals surface area contributed by atoms with Gasteiger partial charge >= 0.3 is 0 Å². The maximum Gasteiger partial charge on any atom is 0.261 e. The Labute approximate surface area is 171 Å². The lowest BCUT2D eigenvalue weighted by Gasteiger charge is -2.28. The van der Waals surface area contributed by atoms with Crippen molar-refractivity contribution in [3.05, 3.63) is 54.4 Å². The minimum absolute atomic E-state index is 0.0838. The number of pyridine rings is 1. The highest BCUT2D eigenvalue weighted by molar-refractivity contribution is 7.92. The molecule has 0 unspecified atom stereocenters. The second-order valence-electron chi connectivity index (χ2n) is 7.29. The molecule has 7 nitrogen and oxygen atoms in total. The van der Waals surface area contributed by atoms with Gasteiger partial charge in [0.2, 0.25) is 0 Å². The van der Waals surface area contributed by atoms with Crippen LogP contribution >= 0.6 is 0 Å². The van der Waals surface area contributed by atoms with Crippen molar-refractivity contribution in [3.8, 4) is 0 Å². The monoisotopic (exact) mass is 417 g/mol. The standard InChI is InChI=1S/C21H27N3O4S/c1-16-4-2-3-5-20(16)28-15-14-23-21(25)17-6-8-19(9-7-17)29(26,27)24-18-10-12-22-13-11-18/h6-13,16,20H,2-5,14-15H2,1H3,(H,22,24)(H,23,25)/t16-,20-/m1/s1. The first-order valence-corrected chi connectivity index (χ1v) is 11.4. The van der Waals surface area contributed by atoms with E-state index in [1.807, 2.05) is 0 Å². The predicted molar refractivity (Wildman–Crippen MR) is 111 cm³/mol. The maximum atomic E-state index is 12.4. The predicted octanol–water partition coefficient (Wildman–Crippen LogP) is 3.21. The summed E-state index contributed by atoms with van der Waals surface area (Å²) in [6.45, 7) is 3.11. The van der Waals surface area contributed by atoms with Gasteiger partial charge in [0.05, 0.1) is 23.3 Å². The number of nitrogens with zero attached hydrogens (tertiary/aromatic N) is 1. The third-order valence-corrected chi connectivity index (χ3v) is 6.51. The van der Waals surface area contributed by atoms with Crippen molar-refractivity contribution in [2.45, 2.75) is 43.6 Å². The summed E-state index contributed by atoms with van der Waals surface area (Å²) in [6.07, 6.45) is 8.03. The van der Waals surface area contributed by atoms with Gasteiger partial charge in [0, 0.05) is 24.5 Å². The van der Waals surface area contributed by atoms with Crippen molar-refractivity contribution in [2.75, 3.05) is 17.9 Å². The van der Waals surface area contributed by atoms with Crippen LogP contribution in [-0.2, 0) is 14.8 Å². The van der Waals surface area contributed by atoms with E-state index in [2.05, 4.69) is 21.9 Å². The molecule has 0 bridgehead atoms. The van der Waals surface area contributed by atoms with Gasteiger partial charge in [-0.25, -0.2) is 8.42 Å². The fourth-order valence-corrected chi connectivity index (χ4v) is 4.48. The summed E-state index contributed by atoms with van der Waals surface area (Å²) >= 11 is 0. The lowest BCUT2D eigenvalue weighted by atomic mass is 9.88. The van der Waals surface area contributed by atoms with Gasteiger partial charge in [-0.15, -0.1) is 0 Å². The molecule has 1 saturated carbocycles. The van der Waals surface area contributed by atoms with Gasteiger partial charge in [-0.1, -0.05) is 19.8 Å². The molecule has 8 heteroatoms. The van der Waals surface area contributed by atoms with E-state index in [-0.39, 0.29) is 16.9 Å². The van der Waals surface area contributed by atoms with Crippen LogP contribution in [0.15, 0.2) is 53.7 Å². The van der Waals surface area contributed by atoms with Crippen LogP contribution in [0.4, 0.5) is 5.69 Å². The van der Waals surface area contributed by atoms with E-state index in [0.717, 1.165) is 6.42 Å². The first-order valence-electron chi connectivity index (χ1n) is 9.88. The number of nitrogens with one attached hydrogen (secondary N) is 2. The largest absolute Gasteiger partial charge is 0.376 e. The normalized spacial score (nSPS) is 19.5. The number of carbonyl (C=O) groups is 1. The van der Waals surface area contributed by atoms with Crippen LogP contribution in [0.1, 0.15) is 43.0 Å². The van der Waals surface area contributed by atoms with Crippen molar-refractivity contribution in [1.29, 1.82) is 0 Å². The van der Waals surface area contributed by atoms with E-state index >= 15 is 0 Å². The Hall–Kier alpha value is -2.45. The fourth-order valence-electron chi connectivity index (χ4n) is 3.43. The second kappa shape index (κ2) is 9.84. The number of carbonyl (C=O) groups excluding carboxylic acids is 1. The van der Waals surface area contributed by atoms with Gasteiger partial charge in [0.1, 0.15) is 0 Å². The van der Waals surface area contributed by atoms with Crippen LogP contribution in [0.5, 0.6) is 0 Å². The number of hydrogen-bond donors (Lipinski definition) is 2. The number of aromatic nitrogens is 1. The third kappa shape index (κ3) is 6.01. The molecule has 0 aliphatic heterocycles. The van der Waals surface area contributed by atoms with E-state index in [1.165, 1.54) is 55.9 Å². The molecule has 2 N–H and O–H groups in total. The molecule has 1 fully saturated rings. The summed E-state index contributed by atoms with van der Waals surface area (Å²) in [4.78, 5) is 16.2. The van der Waals surface area contributed by atoms with Crippen molar-refractivity contribution in [1.82, 2.24) is 10.3 Å². The number of hydrogen-bond acceptors (Lipinski definition) is 5. The summed E-state index contributed by atoms with van der Waals surface area (Å²) in [6, 6.07) is 8.96. The minimum Gasteiger partial charge on any atom is -0.376 e. The molecule has 29 heavy (non-hydrogen) atoms. The smallest absolute Gasteiger partial charge is 0.261 e. The summed E-state index contributed by atoms with van der Waals surface area (Å²) in [7, 11) is -3.72. The van der Waals surface area contributed by atoms with Crippen LogP contribution in [-0.4, -0.2) is 38.6 Å². The zero-order valence-corrected chi connectivity index (χ0v) is 17.3. The number of anilines is 1. The van der Waals surface area contributed by atoms with E-state index in [9.17, 15) is 13.2 Å². The molecular weight excluding hydrogens is 390 g/mol. The number of amides is 1.